The molecule has 1 aromatic rings. The highest BCUT2D eigenvalue weighted by Gasteiger charge is 2.15. The van der Waals surface area contributed by atoms with E-state index in [4.69, 9.17) is 5.26 Å². The third kappa shape index (κ3) is 1.87. The Morgan fingerprint density at radius 2 is 2.50 bits per heavy atom. The van der Waals surface area contributed by atoms with E-state index in [2.05, 4.69) is 10.1 Å². The molecule has 1 rings (SSSR count). The van der Waals surface area contributed by atoms with E-state index < -0.39 is 6.04 Å². The van der Waals surface area contributed by atoms with E-state index in [9.17, 15) is 4.79 Å². The van der Waals surface area contributed by atoms with E-state index in [-0.39, 0.29) is 0 Å². The minimum Gasteiger partial charge on any atom is -0.275 e. The molecule has 0 radical (unpaired) electrons. The van der Waals surface area contributed by atoms with Crippen LogP contribution in [0.15, 0.2) is 11.2 Å². The number of aliphatic imine (C=N–C) groups is 1. The first-order chi connectivity index (χ1) is 6.72. The van der Waals surface area contributed by atoms with Gasteiger partial charge in [-0.3, -0.25) is 4.68 Å². The molecule has 0 amide bonds. The van der Waals surface area contributed by atoms with Gasteiger partial charge >= 0.3 is 0 Å². The van der Waals surface area contributed by atoms with Crippen LogP contribution in [0.2, 0.25) is 0 Å². The lowest BCUT2D eigenvalue weighted by Crippen LogP contribution is -1.94. The molecule has 1 unspecified atom stereocenters. The summed E-state index contributed by atoms with van der Waals surface area (Å²) in [5.74, 6) is 0. The smallest absolute Gasteiger partial charge is 0.236 e. The number of carbonyl (C=O) groups excluding carboxylic acids is 1. The predicted molar refractivity (Wildman–Crippen MR) is 49.1 cm³/mol. The maximum atomic E-state index is 10.1. The summed E-state index contributed by atoms with van der Waals surface area (Å²) in [6, 6.07) is 1.14. The van der Waals surface area contributed by atoms with Crippen LogP contribution in [0.1, 0.15) is 24.2 Å². The van der Waals surface area contributed by atoms with Gasteiger partial charge in [-0.05, 0) is 6.42 Å². The van der Waals surface area contributed by atoms with Crippen LogP contribution >= 0.6 is 0 Å². The van der Waals surface area contributed by atoms with Crippen molar-refractivity contribution in [2.45, 2.75) is 19.4 Å². The molecule has 0 saturated carbocycles. The number of hydrogen-bond donors (Lipinski definition) is 0. The summed E-state index contributed by atoms with van der Waals surface area (Å²) < 4.78 is 1.61. The van der Waals surface area contributed by atoms with Gasteiger partial charge in [-0.25, -0.2) is 4.79 Å². The molecule has 0 spiro atoms. The molecule has 0 aromatic carbocycles. The van der Waals surface area contributed by atoms with Crippen LogP contribution in [-0.2, 0) is 18.3 Å². The minimum absolute atomic E-state index is 0.681. The van der Waals surface area contributed by atoms with Crippen LogP contribution < -0.4 is 0 Å². The number of isocyanates is 1. The molecule has 0 N–H and O–H groups in total. The van der Waals surface area contributed by atoms with Crippen molar-refractivity contribution in [3.05, 3.63) is 17.5 Å². The number of hydrogen-bond acceptors (Lipinski definition) is 4. The van der Waals surface area contributed by atoms with Gasteiger partial charge in [0.25, 0.3) is 0 Å². The van der Waals surface area contributed by atoms with Crippen molar-refractivity contribution in [3.63, 3.8) is 0 Å². The second kappa shape index (κ2) is 4.35. The molecular formula is C9H10N4O. The van der Waals surface area contributed by atoms with Crippen molar-refractivity contribution in [3.8, 4) is 6.07 Å². The first-order valence-electron chi connectivity index (χ1n) is 4.22. The Morgan fingerprint density at radius 1 is 1.79 bits per heavy atom. The Labute approximate surface area is 81.7 Å². The van der Waals surface area contributed by atoms with Crippen LogP contribution in [0.25, 0.3) is 0 Å². The van der Waals surface area contributed by atoms with Crippen LogP contribution in [0.4, 0.5) is 0 Å². The van der Waals surface area contributed by atoms with Crippen molar-refractivity contribution >= 4 is 6.08 Å². The van der Waals surface area contributed by atoms with E-state index in [0.29, 0.717) is 12.0 Å². The number of aromatic nitrogens is 2. The van der Waals surface area contributed by atoms with Crippen LogP contribution in [0, 0.1) is 11.3 Å². The monoisotopic (exact) mass is 190 g/mol. The fourth-order valence-electron chi connectivity index (χ4n) is 1.28. The SMILES string of the molecule is CCc1nn(C)cc1C(C#N)N=C=O. The zero-order valence-electron chi connectivity index (χ0n) is 8.06. The van der Waals surface area contributed by atoms with Crippen molar-refractivity contribution in [2.24, 2.45) is 12.0 Å². The molecule has 1 atom stereocenters. The maximum absolute atomic E-state index is 10.1. The average Bonchev–Trinajstić information content (AvgIpc) is 2.55. The van der Waals surface area contributed by atoms with Gasteiger partial charge in [-0.2, -0.15) is 15.4 Å². The molecule has 0 aliphatic rings. The lowest BCUT2D eigenvalue weighted by molar-refractivity contribution is 0.561. The summed E-state index contributed by atoms with van der Waals surface area (Å²) in [7, 11) is 1.77. The normalized spacial score (nSPS) is 11.5. The molecule has 5 heteroatoms. The minimum atomic E-state index is -0.781. The predicted octanol–water partition coefficient (Wildman–Crippen LogP) is 0.883. The van der Waals surface area contributed by atoms with Gasteiger partial charge in [0.2, 0.25) is 6.08 Å². The highest BCUT2D eigenvalue weighted by Crippen LogP contribution is 2.19. The van der Waals surface area contributed by atoms with E-state index >= 15 is 0 Å². The topological polar surface area (TPSA) is 71.0 Å². The molecule has 1 heterocycles. The van der Waals surface area contributed by atoms with Crippen molar-refractivity contribution < 1.29 is 4.79 Å². The van der Waals surface area contributed by atoms with E-state index in [1.807, 2.05) is 13.0 Å². The molecule has 0 bridgehead atoms. The molecule has 0 saturated heterocycles. The highest BCUT2D eigenvalue weighted by molar-refractivity contribution is 5.38. The van der Waals surface area contributed by atoms with E-state index in [0.717, 1.165) is 5.69 Å². The number of rotatable bonds is 3. The first-order valence-corrected chi connectivity index (χ1v) is 4.22. The summed E-state index contributed by atoms with van der Waals surface area (Å²) >= 11 is 0. The van der Waals surface area contributed by atoms with Crippen LogP contribution in [0.5, 0.6) is 0 Å². The summed E-state index contributed by atoms with van der Waals surface area (Å²) in [5, 5.41) is 12.9. The summed E-state index contributed by atoms with van der Waals surface area (Å²) in [4.78, 5) is 13.5. The van der Waals surface area contributed by atoms with Gasteiger partial charge in [-0.1, -0.05) is 6.92 Å². The Morgan fingerprint density at radius 3 is 3.00 bits per heavy atom. The number of nitrogens with zero attached hydrogens (tertiary/aromatic N) is 4. The van der Waals surface area contributed by atoms with E-state index in [1.165, 1.54) is 6.08 Å². The molecule has 0 aliphatic carbocycles. The zero-order chi connectivity index (χ0) is 10.6. The van der Waals surface area contributed by atoms with Gasteiger partial charge in [0.15, 0.2) is 6.04 Å². The van der Waals surface area contributed by atoms with Gasteiger partial charge in [-0.15, -0.1) is 0 Å². The molecule has 0 aliphatic heterocycles. The summed E-state index contributed by atoms with van der Waals surface area (Å²) in [6.45, 7) is 1.94. The molecule has 0 fully saturated rings. The standard InChI is InChI=1S/C9H10N4O/c1-3-8-7(5-13(2)12-8)9(4-10)11-6-14/h5,9H,3H2,1-2H3. The van der Waals surface area contributed by atoms with Gasteiger partial charge in [0, 0.05) is 18.8 Å². The zero-order valence-corrected chi connectivity index (χ0v) is 8.06. The summed E-state index contributed by atoms with van der Waals surface area (Å²) in [6.07, 6.45) is 3.81. The fourth-order valence-corrected chi connectivity index (χ4v) is 1.28. The van der Waals surface area contributed by atoms with Gasteiger partial charge < -0.3 is 0 Å². The van der Waals surface area contributed by atoms with Crippen molar-refractivity contribution in [1.29, 1.82) is 5.26 Å². The Kier molecular flexibility index (Phi) is 3.16. The molecule has 72 valence electrons. The maximum Gasteiger partial charge on any atom is 0.236 e. The third-order valence-electron chi connectivity index (χ3n) is 1.87. The van der Waals surface area contributed by atoms with Crippen molar-refractivity contribution in [1.82, 2.24) is 9.78 Å². The Balaban J connectivity index is 3.15. The van der Waals surface area contributed by atoms with Gasteiger partial charge in [0.1, 0.15) is 0 Å². The average molecular weight is 190 g/mol. The molecule has 1 aromatic heterocycles. The number of aryl methyl sites for hydroxylation is 2. The Bertz CT molecular complexity index is 409. The third-order valence-corrected chi connectivity index (χ3v) is 1.87. The highest BCUT2D eigenvalue weighted by atomic mass is 16.1. The largest absolute Gasteiger partial charge is 0.275 e. The fraction of sp³-hybridized carbons (Fsp3) is 0.444. The second-order valence-corrected chi connectivity index (χ2v) is 2.81. The van der Waals surface area contributed by atoms with Crippen molar-refractivity contribution in [2.75, 3.05) is 0 Å². The summed E-state index contributed by atoms with van der Waals surface area (Å²) in [5.41, 5.74) is 1.47. The lowest BCUT2D eigenvalue weighted by atomic mass is 10.1. The van der Waals surface area contributed by atoms with Gasteiger partial charge in [0.05, 0.1) is 11.8 Å². The molecule has 14 heavy (non-hydrogen) atoms. The molecule has 5 nitrogen and oxygen atoms in total. The first kappa shape index (κ1) is 10.2. The van der Waals surface area contributed by atoms with Crippen LogP contribution in [0.3, 0.4) is 0 Å². The quantitative estimate of drug-likeness (QED) is 0.524. The second-order valence-electron chi connectivity index (χ2n) is 2.81. The van der Waals surface area contributed by atoms with Crippen LogP contribution in [-0.4, -0.2) is 15.9 Å². The number of nitriles is 1. The lowest BCUT2D eigenvalue weighted by Gasteiger charge is -1.98. The Hall–Kier alpha value is -1.92. The van der Waals surface area contributed by atoms with E-state index in [1.54, 1.807) is 17.9 Å². The molecular weight excluding hydrogens is 180 g/mol.